The van der Waals surface area contributed by atoms with Gasteiger partial charge in [-0.1, -0.05) is 12.1 Å². The van der Waals surface area contributed by atoms with Gasteiger partial charge in [-0.3, -0.25) is 10.00 Å². The number of nitrogens with one attached hydrogen (secondary N) is 2. The fourth-order valence-corrected chi connectivity index (χ4v) is 2.14. The van der Waals surface area contributed by atoms with Crippen LogP contribution in [0.15, 0.2) is 36.5 Å². The fourth-order valence-electron chi connectivity index (χ4n) is 2.14. The van der Waals surface area contributed by atoms with Crippen molar-refractivity contribution in [2.45, 2.75) is 46.4 Å². The number of hydrogen-bond acceptors (Lipinski definition) is 4. The molecule has 124 valence electrons. The summed E-state index contributed by atoms with van der Waals surface area (Å²) >= 11 is 0. The molecule has 0 atom stereocenters. The standard InChI is InChI=1S/C17H24N4O2/c1-5-21-13(10-11-19-21)12-18-14-8-6-7-9-15(14)20-16(22)23-17(2,3)4/h6-11,18H,5,12H2,1-4H3,(H,20,22). The van der Waals surface area contributed by atoms with Gasteiger partial charge < -0.3 is 10.1 Å². The van der Waals surface area contributed by atoms with Crippen LogP contribution in [0, 0.1) is 0 Å². The molecule has 0 aliphatic heterocycles. The molecule has 1 aromatic heterocycles. The number of rotatable bonds is 5. The van der Waals surface area contributed by atoms with E-state index in [2.05, 4.69) is 22.7 Å². The van der Waals surface area contributed by atoms with E-state index in [0.29, 0.717) is 12.2 Å². The molecule has 0 saturated carbocycles. The van der Waals surface area contributed by atoms with Crippen molar-refractivity contribution in [3.8, 4) is 0 Å². The fraction of sp³-hybridized carbons (Fsp3) is 0.412. The third-order valence-corrected chi connectivity index (χ3v) is 3.13. The van der Waals surface area contributed by atoms with Gasteiger partial charge in [0.1, 0.15) is 5.60 Å². The number of aryl methyl sites for hydroxylation is 1. The maximum absolute atomic E-state index is 11.9. The molecule has 0 bridgehead atoms. The Bertz CT molecular complexity index is 659. The first-order chi connectivity index (χ1) is 10.9. The predicted octanol–water partition coefficient (Wildman–Crippen LogP) is 3.86. The van der Waals surface area contributed by atoms with Gasteiger partial charge in [0.25, 0.3) is 0 Å². The Kier molecular flexibility index (Phi) is 5.26. The highest BCUT2D eigenvalue weighted by Crippen LogP contribution is 2.22. The second-order valence-corrected chi connectivity index (χ2v) is 6.16. The minimum absolute atomic E-state index is 0.467. The lowest BCUT2D eigenvalue weighted by Crippen LogP contribution is -2.27. The first kappa shape index (κ1) is 16.9. The van der Waals surface area contributed by atoms with E-state index in [1.165, 1.54) is 0 Å². The molecule has 0 aliphatic carbocycles. The summed E-state index contributed by atoms with van der Waals surface area (Å²) in [5, 5.41) is 10.4. The van der Waals surface area contributed by atoms with Gasteiger partial charge in [0.15, 0.2) is 0 Å². The van der Waals surface area contributed by atoms with Gasteiger partial charge in [-0.2, -0.15) is 5.10 Å². The summed E-state index contributed by atoms with van der Waals surface area (Å²) in [7, 11) is 0. The number of amides is 1. The average molecular weight is 316 g/mol. The van der Waals surface area contributed by atoms with Crippen LogP contribution < -0.4 is 10.6 Å². The average Bonchev–Trinajstić information content (AvgIpc) is 2.91. The number of benzene rings is 1. The van der Waals surface area contributed by atoms with Crippen molar-refractivity contribution in [1.29, 1.82) is 0 Å². The molecule has 0 unspecified atom stereocenters. The highest BCUT2D eigenvalue weighted by atomic mass is 16.6. The maximum Gasteiger partial charge on any atom is 0.412 e. The molecule has 0 fully saturated rings. The van der Waals surface area contributed by atoms with Gasteiger partial charge in [-0.15, -0.1) is 0 Å². The Morgan fingerprint density at radius 3 is 2.57 bits per heavy atom. The Balaban J connectivity index is 2.04. The van der Waals surface area contributed by atoms with Gasteiger partial charge in [-0.25, -0.2) is 4.79 Å². The molecule has 23 heavy (non-hydrogen) atoms. The minimum Gasteiger partial charge on any atom is -0.444 e. The molecule has 6 heteroatoms. The maximum atomic E-state index is 11.9. The van der Waals surface area contributed by atoms with Crippen LogP contribution >= 0.6 is 0 Å². The van der Waals surface area contributed by atoms with Crippen LogP contribution in [0.25, 0.3) is 0 Å². The number of anilines is 2. The molecule has 0 aliphatic rings. The van der Waals surface area contributed by atoms with Crippen molar-refractivity contribution in [2.24, 2.45) is 0 Å². The zero-order valence-corrected chi connectivity index (χ0v) is 14.1. The van der Waals surface area contributed by atoms with Crippen molar-refractivity contribution in [1.82, 2.24) is 9.78 Å². The molecular formula is C17H24N4O2. The number of carbonyl (C=O) groups is 1. The molecule has 0 spiro atoms. The Morgan fingerprint density at radius 2 is 1.91 bits per heavy atom. The van der Waals surface area contributed by atoms with Crippen molar-refractivity contribution in [2.75, 3.05) is 10.6 Å². The second kappa shape index (κ2) is 7.17. The van der Waals surface area contributed by atoms with Crippen LogP contribution in [-0.4, -0.2) is 21.5 Å². The Morgan fingerprint density at radius 1 is 1.22 bits per heavy atom. The highest BCUT2D eigenvalue weighted by molar-refractivity contribution is 5.89. The summed E-state index contributed by atoms with van der Waals surface area (Å²) < 4.78 is 7.22. The molecule has 0 radical (unpaired) electrons. The van der Waals surface area contributed by atoms with Crippen molar-refractivity contribution < 1.29 is 9.53 Å². The summed E-state index contributed by atoms with van der Waals surface area (Å²) in [4.78, 5) is 11.9. The molecular weight excluding hydrogens is 292 g/mol. The molecule has 2 rings (SSSR count). The molecule has 2 N–H and O–H groups in total. The van der Waals surface area contributed by atoms with Crippen molar-refractivity contribution in [3.63, 3.8) is 0 Å². The van der Waals surface area contributed by atoms with Gasteiger partial charge in [0.2, 0.25) is 0 Å². The van der Waals surface area contributed by atoms with E-state index < -0.39 is 11.7 Å². The summed E-state index contributed by atoms with van der Waals surface area (Å²) in [6.45, 7) is 9.01. The van der Waals surface area contributed by atoms with Gasteiger partial charge in [0.05, 0.1) is 23.6 Å². The Hall–Kier alpha value is -2.50. The molecule has 1 aromatic carbocycles. The lowest BCUT2D eigenvalue weighted by Gasteiger charge is -2.20. The van der Waals surface area contributed by atoms with Crippen LogP contribution in [0.5, 0.6) is 0 Å². The van der Waals surface area contributed by atoms with Crippen LogP contribution in [0.3, 0.4) is 0 Å². The third-order valence-electron chi connectivity index (χ3n) is 3.13. The lowest BCUT2D eigenvalue weighted by molar-refractivity contribution is 0.0636. The molecule has 2 aromatic rings. The lowest BCUT2D eigenvalue weighted by atomic mass is 10.2. The van der Waals surface area contributed by atoms with Crippen LogP contribution in [0.2, 0.25) is 0 Å². The second-order valence-electron chi connectivity index (χ2n) is 6.16. The normalized spacial score (nSPS) is 11.1. The predicted molar refractivity (Wildman–Crippen MR) is 91.5 cm³/mol. The number of nitrogens with zero attached hydrogens (tertiary/aromatic N) is 2. The number of ether oxygens (including phenoxy) is 1. The summed E-state index contributed by atoms with van der Waals surface area (Å²) in [5.74, 6) is 0. The number of hydrogen-bond donors (Lipinski definition) is 2. The highest BCUT2D eigenvalue weighted by Gasteiger charge is 2.17. The van der Waals surface area contributed by atoms with Crippen LogP contribution in [0.4, 0.5) is 16.2 Å². The topological polar surface area (TPSA) is 68.2 Å². The molecule has 6 nitrogen and oxygen atoms in total. The zero-order chi connectivity index (χ0) is 16.9. The van der Waals surface area contributed by atoms with E-state index >= 15 is 0 Å². The SMILES string of the molecule is CCn1nccc1CNc1ccccc1NC(=O)OC(C)(C)C. The van der Waals surface area contributed by atoms with E-state index in [9.17, 15) is 4.79 Å². The van der Waals surface area contributed by atoms with E-state index in [-0.39, 0.29) is 0 Å². The number of para-hydroxylation sites is 2. The smallest absolute Gasteiger partial charge is 0.412 e. The van der Waals surface area contributed by atoms with Gasteiger partial charge in [-0.05, 0) is 45.9 Å². The quantitative estimate of drug-likeness (QED) is 0.879. The monoisotopic (exact) mass is 316 g/mol. The van der Waals surface area contributed by atoms with Crippen molar-refractivity contribution in [3.05, 3.63) is 42.2 Å². The first-order valence-electron chi connectivity index (χ1n) is 7.72. The van der Waals surface area contributed by atoms with E-state index in [1.807, 2.05) is 55.8 Å². The number of carbonyl (C=O) groups excluding carboxylic acids is 1. The van der Waals surface area contributed by atoms with Gasteiger partial charge >= 0.3 is 6.09 Å². The first-order valence-corrected chi connectivity index (χ1v) is 7.72. The third kappa shape index (κ3) is 5.02. The zero-order valence-electron chi connectivity index (χ0n) is 14.1. The minimum atomic E-state index is -0.528. The number of aromatic nitrogens is 2. The van der Waals surface area contributed by atoms with Crippen LogP contribution in [0.1, 0.15) is 33.4 Å². The summed E-state index contributed by atoms with van der Waals surface area (Å²) in [6.07, 6.45) is 1.32. The molecule has 1 amide bonds. The van der Waals surface area contributed by atoms with E-state index in [0.717, 1.165) is 17.9 Å². The largest absolute Gasteiger partial charge is 0.444 e. The van der Waals surface area contributed by atoms with Crippen LogP contribution in [-0.2, 0) is 17.8 Å². The summed E-state index contributed by atoms with van der Waals surface area (Å²) in [6, 6.07) is 9.51. The van der Waals surface area contributed by atoms with Gasteiger partial charge in [0, 0.05) is 12.7 Å². The molecule has 1 heterocycles. The van der Waals surface area contributed by atoms with Crippen molar-refractivity contribution >= 4 is 17.5 Å². The molecule has 0 saturated heterocycles. The summed E-state index contributed by atoms with van der Waals surface area (Å²) in [5.41, 5.74) is 2.08. The Labute approximate surface area is 136 Å². The van der Waals surface area contributed by atoms with E-state index in [4.69, 9.17) is 4.74 Å². The van der Waals surface area contributed by atoms with E-state index in [1.54, 1.807) is 6.20 Å².